The third-order valence-corrected chi connectivity index (χ3v) is 13.7. The van der Waals surface area contributed by atoms with E-state index in [9.17, 15) is 28.8 Å². The van der Waals surface area contributed by atoms with E-state index < -0.39 is 29.7 Å². The minimum atomic E-state index is -1.08. The van der Waals surface area contributed by atoms with Crippen molar-refractivity contribution >= 4 is 58.1 Å². The number of amides is 6. The maximum absolute atomic E-state index is 13.4. The maximum Gasteiger partial charge on any atom is 0.270 e. The number of rotatable bonds is 13. The lowest BCUT2D eigenvalue weighted by Gasteiger charge is -2.39. The number of imide groups is 2. The molecule has 346 valence electrons. The summed E-state index contributed by atoms with van der Waals surface area (Å²) >= 11 is 0. The summed E-state index contributed by atoms with van der Waals surface area (Å²) in [6.45, 7) is 8.06. The summed E-state index contributed by atoms with van der Waals surface area (Å²) < 4.78 is 7.95. The number of fused-ring (bicyclic) bond motifs is 2. The van der Waals surface area contributed by atoms with Crippen molar-refractivity contribution in [2.45, 2.75) is 70.1 Å². The lowest BCUT2D eigenvalue weighted by atomic mass is 9.86. The molecule has 1 atom stereocenters. The Labute approximate surface area is 386 Å². The van der Waals surface area contributed by atoms with E-state index in [1.54, 1.807) is 29.4 Å². The molecule has 6 amide bonds. The monoisotopic (exact) mass is 908 g/mol. The Morgan fingerprint density at radius 2 is 1.66 bits per heavy atom. The molecule has 1 aliphatic carbocycles. The number of piperazine rings is 1. The summed E-state index contributed by atoms with van der Waals surface area (Å²) in [6, 6.07) is 17.8. The number of nitrogens with one attached hydrogen (secondary N) is 3. The zero-order valence-electron chi connectivity index (χ0n) is 37.2. The molecule has 4 aliphatic heterocycles. The molecule has 4 fully saturated rings. The molecule has 3 saturated heterocycles. The second kappa shape index (κ2) is 18.5. The van der Waals surface area contributed by atoms with Crippen molar-refractivity contribution in [2.24, 2.45) is 5.92 Å². The van der Waals surface area contributed by atoms with Gasteiger partial charge in [0.25, 0.3) is 23.6 Å². The number of hydrogen-bond donors (Lipinski definition) is 3. The molecule has 19 heteroatoms. The molecule has 7 heterocycles. The van der Waals surface area contributed by atoms with Crippen molar-refractivity contribution in [3.8, 4) is 5.75 Å². The van der Waals surface area contributed by atoms with Crippen LogP contribution in [0, 0.1) is 12.8 Å². The maximum atomic E-state index is 13.4. The van der Waals surface area contributed by atoms with Crippen molar-refractivity contribution in [1.82, 2.24) is 49.8 Å². The Balaban J connectivity index is 0.657. The zero-order valence-corrected chi connectivity index (χ0v) is 37.2. The predicted octanol–water partition coefficient (Wildman–Crippen LogP) is 3.12. The van der Waals surface area contributed by atoms with E-state index in [4.69, 9.17) is 4.74 Å². The van der Waals surface area contributed by atoms with Crippen molar-refractivity contribution < 1.29 is 33.5 Å². The van der Waals surface area contributed by atoms with Crippen LogP contribution in [0.4, 0.5) is 11.5 Å². The molecule has 3 N–H and O–H groups in total. The van der Waals surface area contributed by atoms with Gasteiger partial charge >= 0.3 is 0 Å². The summed E-state index contributed by atoms with van der Waals surface area (Å²) in [6.07, 6.45) is 6.78. The lowest BCUT2D eigenvalue weighted by Crippen LogP contribution is -2.54. The third-order valence-electron chi connectivity index (χ3n) is 13.7. The number of carbonyl (C=O) groups excluding carboxylic acids is 6. The molecule has 5 aromatic rings. The summed E-state index contributed by atoms with van der Waals surface area (Å²) in [4.78, 5) is 102. The van der Waals surface area contributed by atoms with Gasteiger partial charge in [-0.15, -0.1) is 0 Å². The summed E-state index contributed by atoms with van der Waals surface area (Å²) in [5.41, 5.74) is 5.16. The number of pyridine rings is 1. The SMILES string of the molecule is Cc1cccc(C(=O)NC2CC(n3cnc4c(NCc5cccc(N6CCN(CC7CCN(C(=O)COc8cccc9c8C(=O)N([C@H]8CCC(=O)NC8=O)C9=O)CC7)CC6)c5)ncnc43)C2)n1. The lowest BCUT2D eigenvalue weighted by molar-refractivity contribution is -0.136. The molecule has 0 radical (unpaired) electrons. The molecule has 1 saturated carbocycles. The van der Waals surface area contributed by atoms with Gasteiger partial charge in [-0.2, -0.15) is 0 Å². The number of piperidine rings is 2. The number of benzene rings is 2. The van der Waals surface area contributed by atoms with E-state index in [1.165, 1.54) is 11.8 Å². The number of nitrogens with zero attached hydrogens (tertiary/aromatic N) is 9. The fourth-order valence-electron chi connectivity index (χ4n) is 9.91. The molecule has 67 heavy (non-hydrogen) atoms. The average molecular weight is 909 g/mol. The van der Waals surface area contributed by atoms with Crippen LogP contribution >= 0.6 is 0 Å². The molecule has 10 rings (SSSR count). The summed E-state index contributed by atoms with van der Waals surface area (Å²) in [5, 5.41) is 8.79. The summed E-state index contributed by atoms with van der Waals surface area (Å²) in [7, 11) is 0. The van der Waals surface area contributed by atoms with Gasteiger partial charge in [-0.3, -0.25) is 43.9 Å². The van der Waals surface area contributed by atoms with E-state index in [2.05, 4.69) is 74.5 Å². The van der Waals surface area contributed by atoms with Crippen molar-refractivity contribution in [1.29, 1.82) is 0 Å². The van der Waals surface area contributed by atoms with Gasteiger partial charge in [0.1, 0.15) is 29.3 Å². The van der Waals surface area contributed by atoms with Crippen molar-refractivity contribution in [3.63, 3.8) is 0 Å². The number of carbonyl (C=O) groups is 6. The Morgan fingerprint density at radius 1 is 0.866 bits per heavy atom. The molecule has 0 spiro atoms. The predicted molar refractivity (Wildman–Crippen MR) is 244 cm³/mol. The van der Waals surface area contributed by atoms with Crippen LogP contribution < -0.4 is 25.6 Å². The number of imidazole rings is 1. The van der Waals surface area contributed by atoms with Crippen LogP contribution in [0.25, 0.3) is 11.2 Å². The quantitative estimate of drug-likeness (QED) is 0.145. The minimum absolute atomic E-state index is 0.0264. The molecule has 0 unspecified atom stereocenters. The van der Waals surface area contributed by atoms with Gasteiger partial charge in [0.05, 0.1) is 17.5 Å². The molecule has 3 aromatic heterocycles. The number of aryl methyl sites for hydroxylation is 1. The normalized spacial score (nSPS) is 21.3. The number of likely N-dealkylation sites (tertiary alicyclic amines) is 1. The van der Waals surface area contributed by atoms with Crippen LogP contribution in [0.1, 0.15) is 87.0 Å². The van der Waals surface area contributed by atoms with Gasteiger partial charge < -0.3 is 29.7 Å². The van der Waals surface area contributed by atoms with E-state index in [0.717, 1.165) is 80.2 Å². The van der Waals surface area contributed by atoms with Crippen LogP contribution in [-0.4, -0.2) is 139 Å². The zero-order chi connectivity index (χ0) is 46.2. The second-order valence-corrected chi connectivity index (χ2v) is 18.1. The first-order valence-electron chi connectivity index (χ1n) is 23.0. The van der Waals surface area contributed by atoms with Crippen molar-refractivity contribution in [3.05, 3.63) is 101 Å². The van der Waals surface area contributed by atoms with E-state index in [-0.39, 0.29) is 60.2 Å². The molecular formula is C48H52N12O7. The Morgan fingerprint density at radius 3 is 2.45 bits per heavy atom. The van der Waals surface area contributed by atoms with E-state index in [1.807, 2.05) is 25.4 Å². The fourth-order valence-corrected chi connectivity index (χ4v) is 9.91. The first kappa shape index (κ1) is 43.6. The molecule has 19 nitrogen and oxygen atoms in total. The van der Waals surface area contributed by atoms with Gasteiger partial charge in [-0.1, -0.05) is 24.3 Å². The van der Waals surface area contributed by atoms with Gasteiger partial charge in [-0.25, -0.2) is 19.9 Å². The van der Waals surface area contributed by atoms with Gasteiger partial charge in [-0.05, 0) is 86.9 Å². The van der Waals surface area contributed by atoms with Gasteiger partial charge in [0.15, 0.2) is 18.1 Å². The van der Waals surface area contributed by atoms with Gasteiger partial charge in [0, 0.05) is 82.2 Å². The highest BCUT2D eigenvalue weighted by atomic mass is 16.5. The van der Waals surface area contributed by atoms with Crippen LogP contribution in [0.15, 0.2) is 73.3 Å². The highest BCUT2D eigenvalue weighted by Crippen LogP contribution is 2.36. The third kappa shape index (κ3) is 9.02. The Hall–Kier alpha value is -7.28. The minimum Gasteiger partial charge on any atom is -0.483 e. The Kier molecular flexibility index (Phi) is 12.1. The molecule has 5 aliphatic rings. The molecule has 2 aromatic carbocycles. The number of anilines is 2. The highest BCUT2D eigenvalue weighted by molar-refractivity contribution is 6.24. The van der Waals surface area contributed by atoms with Crippen LogP contribution in [0.3, 0.4) is 0 Å². The average Bonchev–Trinajstić information content (AvgIpc) is 3.87. The molecular weight excluding hydrogens is 857 g/mol. The van der Waals surface area contributed by atoms with Crippen LogP contribution in [-0.2, 0) is 20.9 Å². The number of aromatic nitrogens is 5. The largest absolute Gasteiger partial charge is 0.483 e. The van der Waals surface area contributed by atoms with Crippen LogP contribution in [0.5, 0.6) is 5.75 Å². The van der Waals surface area contributed by atoms with Crippen LogP contribution in [0.2, 0.25) is 0 Å². The fraction of sp³-hybridized carbons (Fsp3) is 0.417. The number of ether oxygens (including phenoxy) is 1. The second-order valence-electron chi connectivity index (χ2n) is 18.1. The smallest absolute Gasteiger partial charge is 0.270 e. The Bertz CT molecular complexity index is 2760. The number of hydrogen-bond acceptors (Lipinski definition) is 14. The standard InChI is InChI=1S/C48H52N12O7/c1-29-5-2-9-36(53-29)45(63)54-32-22-34(23-32)59-28-52-42-43(50-27-51-44(42)59)49-24-31-6-3-7-33(21-31)57-19-17-56(18-20-57)25-30-13-15-58(16-14-30)40(62)26-67-38-10-4-8-35-41(38)48(66)60(47(35)65)37-11-12-39(61)55-46(37)64/h2-10,21,27-28,30,32,34,37H,11-20,22-26H2,1H3,(H,54,63)(H,49,50,51)(H,55,61,64)/t32?,34?,37-/m0/s1. The van der Waals surface area contributed by atoms with Gasteiger partial charge in [0.2, 0.25) is 11.8 Å². The molecule has 0 bridgehead atoms. The highest BCUT2D eigenvalue weighted by Gasteiger charge is 2.46. The first-order chi connectivity index (χ1) is 32.6. The topological polar surface area (TPSA) is 217 Å². The van der Waals surface area contributed by atoms with E-state index in [0.29, 0.717) is 42.6 Å². The van der Waals surface area contributed by atoms with Crippen molar-refractivity contribution in [2.75, 3.05) is 62.6 Å². The summed E-state index contributed by atoms with van der Waals surface area (Å²) in [5.74, 6) is -1.52. The first-order valence-corrected chi connectivity index (χ1v) is 23.0. The van der Waals surface area contributed by atoms with E-state index >= 15 is 0 Å².